The third kappa shape index (κ3) is 3.98. The molecular formula is C16H22O5. The quantitative estimate of drug-likeness (QED) is 0.554. The van der Waals surface area contributed by atoms with Gasteiger partial charge in [0.05, 0.1) is 19.5 Å². The summed E-state index contributed by atoms with van der Waals surface area (Å²) in [5, 5.41) is 29.2. The summed E-state index contributed by atoms with van der Waals surface area (Å²) in [7, 11) is 1.49. The van der Waals surface area contributed by atoms with Crippen LogP contribution >= 0.6 is 0 Å². The Morgan fingerprint density at radius 2 is 2.10 bits per heavy atom. The number of methoxy groups -OCH3 is 1. The largest absolute Gasteiger partial charge is 0.512 e. The predicted octanol–water partition coefficient (Wildman–Crippen LogP) is 2.41. The fraction of sp³-hybridized carbons (Fsp3) is 0.438. The van der Waals surface area contributed by atoms with Gasteiger partial charge in [-0.1, -0.05) is 6.92 Å². The Labute approximate surface area is 124 Å². The molecule has 0 aliphatic rings. The molecule has 0 aliphatic heterocycles. The number of ether oxygens (including phenoxy) is 1. The van der Waals surface area contributed by atoms with Crippen LogP contribution in [0.2, 0.25) is 0 Å². The lowest BCUT2D eigenvalue weighted by atomic mass is 9.92. The van der Waals surface area contributed by atoms with E-state index in [9.17, 15) is 20.1 Å². The zero-order valence-electron chi connectivity index (χ0n) is 12.8. The lowest BCUT2D eigenvalue weighted by Crippen LogP contribution is -2.09. The average molecular weight is 294 g/mol. The van der Waals surface area contributed by atoms with Crippen molar-refractivity contribution in [3.8, 4) is 11.5 Å². The topological polar surface area (TPSA) is 87.0 Å². The number of aromatic hydroxyl groups is 1. The Balaban J connectivity index is 3.23. The minimum absolute atomic E-state index is 0.0147. The van der Waals surface area contributed by atoms with E-state index in [0.717, 1.165) is 0 Å². The van der Waals surface area contributed by atoms with Gasteiger partial charge in [0.15, 0.2) is 5.78 Å². The molecular weight excluding hydrogens is 272 g/mol. The highest BCUT2D eigenvalue weighted by Gasteiger charge is 2.19. The van der Waals surface area contributed by atoms with Gasteiger partial charge in [-0.3, -0.25) is 4.79 Å². The second kappa shape index (κ2) is 7.13. The summed E-state index contributed by atoms with van der Waals surface area (Å²) in [5.74, 6) is -0.0101. The molecule has 1 aromatic rings. The van der Waals surface area contributed by atoms with E-state index in [1.54, 1.807) is 13.8 Å². The van der Waals surface area contributed by atoms with Gasteiger partial charge in [0.1, 0.15) is 11.5 Å². The number of carbonyl (C=O) groups is 1. The minimum atomic E-state index is -0.308. The first kappa shape index (κ1) is 17.0. The molecule has 1 rings (SSSR count). The number of benzene rings is 1. The normalized spacial score (nSPS) is 13.1. The second-order valence-electron chi connectivity index (χ2n) is 5.13. The highest BCUT2D eigenvalue weighted by atomic mass is 16.5. The molecule has 1 aromatic carbocycles. The number of allylic oxidation sites excluding steroid dienone is 2. The zero-order valence-corrected chi connectivity index (χ0v) is 12.8. The molecule has 0 radical (unpaired) electrons. The fourth-order valence-electron chi connectivity index (χ4n) is 2.25. The molecule has 1 atom stereocenters. The van der Waals surface area contributed by atoms with Gasteiger partial charge >= 0.3 is 0 Å². The number of phenolic OH excluding ortho intramolecular Hbond substituents is 1. The molecule has 5 heteroatoms. The highest BCUT2D eigenvalue weighted by Crippen LogP contribution is 2.36. The van der Waals surface area contributed by atoms with Crippen molar-refractivity contribution in [3.63, 3.8) is 0 Å². The zero-order chi connectivity index (χ0) is 16.2. The molecule has 0 aromatic heterocycles. The first-order chi connectivity index (χ1) is 9.81. The number of hydrogen-bond acceptors (Lipinski definition) is 5. The van der Waals surface area contributed by atoms with Crippen LogP contribution in [-0.2, 0) is 17.8 Å². The molecule has 0 amide bonds. The highest BCUT2D eigenvalue weighted by molar-refractivity contribution is 5.87. The van der Waals surface area contributed by atoms with Gasteiger partial charge in [-0.05, 0) is 31.9 Å². The Hall–Kier alpha value is -2.01. The SMILES string of the molecule is COc1c(C)c(O)cc(CO)c1C[C@@H](C)/C(O)=C/C(C)=O. The Morgan fingerprint density at radius 1 is 1.48 bits per heavy atom. The standard InChI is InChI=1S/C16H22O5/c1-9(14(19)6-10(2)18)5-13-12(8-17)7-15(20)11(3)16(13)21-4/h6-7,9,17,19-20H,5,8H2,1-4H3/b14-6-/t9-/m1/s1. The van der Waals surface area contributed by atoms with E-state index in [1.807, 2.05) is 0 Å². The van der Waals surface area contributed by atoms with Crippen LogP contribution in [0, 0.1) is 12.8 Å². The first-order valence-corrected chi connectivity index (χ1v) is 6.72. The van der Waals surface area contributed by atoms with Gasteiger partial charge in [-0.2, -0.15) is 0 Å². The molecule has 0 spiro atoms. The fourth-order valence-corrected chi connectivity index (χ4v) is 2.25. The van der Waals surface area contributed by atoms with Crippen LogP contribution in [0.25, 0.3) is 0 Å². The molecule has 0 bridgehead atoms. The smallest absolute Gasteiger partial charge is 0.155 e. The van der Waals surface area contributed by atoms with Gasteiger partial charge in [-0.25, -0.2) is 0 Å². The predicted molar refractivity (Wildman–Crippen MR) is 79.6 cm³/mol. The summed E-state index contributed by atoms with van der Waals surface area (Å²) in [6, 6.07) is 1.49. The Bertz CT molecular complexity index is 560. The second-order valence-corrected chi connectivity index (χ2v) is 5.13. The summed E-state index contributed by atoms with van der Waals surface area (Å²) in [5.41, 5.74) is 1.83. The summed E-state index contributed by atoms with van der Waals surface area (Å²) < 4.78 is 5.32. The van der Waals surface area contributed by atoms with Crippen molar-refractivity contribution in [3.05, 3.63) is 34.6 Å². The number of phenols is 1. The number of hydrogen-bond donors (Lipinski definition) is 3. The molecule has 5 nitrogen and oxygen atoms in total. The van der Waals surface area contributed by atoms with Crippen molar-refractivity contribution in [2.75, 3.05) is 7.11 Å². The molecule has 21 heavy (non-hydrogen) atoms. The molecule has 3 N–H and O–H groups in total. The van der Waals surface area contributed by atoms with E-state index in [2.05, 4.69) is 0 Å². The van der Waals surface area contributed by atoms with Gasteiger partial charge < -0.3 is 20.1 Å². The number of ketones is 1. The van der Waals surface area contributed by atoms with E-state index in [0.29, 0.717) is 28.9 Å². The summed E-state index contributed by atoms with van der Waals surface area (Å²) in [6.45, 7) is 4.61. The van der Waals surface area contributed by atoms with Crippen LogP contribution in [0.15, 0.2) is 17.9 Å². The number of aliphatic hydroxyl groups is 2. The van der Waals surface area contributed by atoms with E-state index in [-0.39, 0.29) is 29.8 Å². The van der Waals surface area contributed by atoms with Gasteiger partial charge in [0.25, 0.3) is 0 Å². The summed E-state index contributed by atoms with van der Waals surface area (Å²) in [4.78, 5) is 11.0. The van der Waals surface area contributed by atoms with Crippen LogP contribution in [0.5, 0.6) is 11.5 Å². The van der Waals surface area contributed by atoms with Crippen LogP contribution in [0.4, 0.5) is 0 Å². The maximum atomic E-state index is 11.0. The molecule has 0 saturated heterocycles. The Morgan fingerprint density at radius 3 is 2.57 bits per heavy atom. The Kier molecular flexibility index (Phi) is 5.79. The summed E-state index contributed by atoms with van der Waals surface area (Å²) in [6.07, 6.45) is 1.57. The van der Waals surface area contributed by atoms with Crippen molar-refractivity contribution in [1.29, 1.82) is 0 Å². The van der Waals surface area contributed by atoms with Gasteiger partial charge in [-0.15, -0.1) is 0 Å². The van der Waals surface area contributed by atoms with Crippen molar-refractivity contribution < 1.29 is 24.9 Å². The van der Waals surface area contributed by atoms with Crippen LogP contribution < -0.4 is 4.74 Å². The third-order valence-corrected chi connectivity index (χ3v) is 3.44. The van der Waals surface area contributed by atoms with E-state index in [4.69, 9.17) is 4.74 Å². The van der Waals surface area contributed by atoms with Gasteiger partial charge in [0, 0.05) is 23.1 Å². The van der Waals surface area contributed by atoms with Crippen molar-refractivity contribution in [1.82, 2.24) is 0 Å². The molecule has 0 saturated carbocycles. The number of carbonyl (C=O) groups excluding carboxylic acids is 1. The average Bonchev–Trinajstić information content (AvgIpc) is 2.42. The lowest BCUT2D eigenvalue weighted by Gasteiger charge is -2.19. The first-order valence-electron chi connectivity index (χ1n) is 6.72. The maximum Gasteiger partial charge on any atom is 0.155 e. The van der Waals surface area contributed by atoms with Crippen LogP contribution in [-0.4, -0.2) is 28.2 Å². The maximum absolute atomic E-state index is 11.0. The van der Waals surface area contributed by atoms with Crippen molar-refractivity contribution >= 4 is 5.78 Å². The molecule has 0 fully saturated rings. The number of rotatable bonds is 6. The van der Waals surface area contributed by atoms with Crippen molar-refractivity contribution in [2.24, 2.45) is 5.92 Å². The van der Waals surface area contributed by atoms with Gasteiger partial charge in [0.2, 0.25) is 0 Å². The lowest BCUT2D eigenvalue weighted by molar-refractivity contribution is -0.112. The summed E-state index contributed by atoms with van der Waals surface area (Å²) >= 11 is 0. The molecule has 0 heterocycles. The van der Waals surface area contributed by atoms with E-state index >= 15 is 0 Å². The van der Waals surface area contributed by atoms with E-state index < -0.39 is 0 Å². The van der Waals surface area contributed by atoms with Crippen LogP contribution in [0.3, 0.4) is 0 Å². The van der Waals surface area contributed by atoms with Crippen molar-refractivity contribution in [2.45, 2.75) is 33.8 Å². The minimum Gasteiger partial charge on any atom is -0.512 e. The molecule has 0 unspecified atom stereocenters. The third-order valence-electron chi connectivity index (χ3n) is 3.44. The van der Waals surface area contributed by atoms with E-state index in [1.165, 1.54) is 26.2 Å². The monoisotopic (exact) mass is 294 g/mol. The number of aliphatic hydroxyl groups excluding tert-OH is 2. The molecule has 0 aliphatic carbocycles. The molecule has 116 valence electrons. The van der Waals surface area contributed by atoms with Crippen LogP contribution in [0.1, 0.15) is 30.5 Å².